The molecular formula is C21H32N2O4. The van der Waals surface area contributed by atoms with E-state index in [2.05, 4.69) is 13.8 Å². The molecule has 6 nitrogen and oxygen atoms in total. The van der Waals surface area contributed by atoms with E-state index < -0.39 is 0 Å². The molecule has 1 aliphatic heterocycles. The third-order valence-electron chi connectivity index (χ3n) is 5.06. The molecule has 27 heavy (non-hydrogen) atoms. The molecule has 0 bridgehead atoms. The number of carbonyl (C=O) groups excluding carboxylic acids is 2. The fourth-order valence-corrected chi connectivity index (χ4v) is 3.61. The molecule has 1 aliphatic rings. The largest absolute Gasteiger partial charge is 0.493 e. The summed E-state index contributed by atoms with van der Waals surface area (Å²) in [6.45, 7) is 7.04. The van der Waals surface area contributed by atoms with Crippen LogP contribution in [0.25, 0.3) is 0 Å². The molecule has 0 spiro atoms. The molecule has 0 aromatic heterocycles. The normalized spacial score (nSPS) is 14.7. The zero-order valence-corrected chi connectivity index (χ0v) is 17.0. The first-order valence-electron chi connectivity index (χ1n) is 9.85. The van der Waals surface area contributed by atoms with E-state index in [4.69, 9.17) is 9.47 Å². The number of ether oxygens (including phenoxy) is 2. The minimum Gasteiger partial charge on any atom is -0.493 e. The molecule has 1 aromatic carbocycles. The Labute approximate surface area is 162 Å². The average molecular weight is 376 g/mol. The molecule has 0 aliphatic carbocycles. The van der Waals surface area contributed by atoms with Gasteiger partial charge >= 0.3 is 0 Å². The topological polar surface area (TPSA) is 59.1 Å². The van der Waals surface area contributed by atoms with E-state index in [1.54, 1.807) is 32.4 Å². The number of methoxy groups -OCH3 is 2. The summed E-state index contributed by atoms with van der Waals surface area (Å²) in [7, 11) is 3.13. The van der Waals surface area contributed by atoms with Crippen molar-refractivity contribution in [2.45, 2.75) is 39.5 Å². The second kappa shape index (κ2) is 10.2. The van der Waals surface area contributed by atoms with Crippen LogP contribution in [0.2, 0.25) is 0 Å². The number of rotatable bonds is 8. The van der Waals surface area contributed by atoms with Gasteiger partial charge in [0.1, 0.15) is 0 Å². The number of amides is 2. The highest BCUT2D eigenvalue weighted by molar-refractivity contribution is 5.95. The highest BCUT2D eigenvalue weighted by Crippen LogP contribution is 2.29. The summed E-state index contributed by atoms with van der Waals surface area (Å²) in [5.74, 6) is 1.39. The van der Waals surface area contributed by atoms with E-state index in [0.717, 1.165) is 38.8 Å². The zero-order chi connectivity index (χ0) is 19.8. The molecule has 0 unspecified atom stereocenters. The molecule has 1 aromatic rings. The molecule has 0 N–H and O–H groups in total. The lowest BCUT2D eigenvalue weighted by molar-refractivity contribution is -0.137. The van der Waals surface area contributed by atoms with Crippen LogP contribution in [0.15, 0.2) is 18.2 Å². The quantitative estimate of drug-likeness (QED) is 0.699. The second-order valence-corrected chi connectivity index (χ2v) is 6.96. The number of piperidine rings is 1. The number of hydrogen-bond donors (Lipinski definition) is 0. The van der Waals surface area contributed by atoms with Crippen molar-refractivity contribution in [3.63, 3.8) is 0 Å². The van der Waals surface area contributed by atoms with Crippen LogP contribution in [-0.2, 0) is 4.79 Å². The highest BCUT2D eigenvalue weighted by Gasteiger charge is 2.30. The fraction of sp³-hybridized carbons (Fsp3) is 0.619. The Morgan fingerprint density at radius 2 is 1.63 bits per heavy atom. The van der Waals surface area contributed by atoms with Gasteiger partial charge < -0.3 is 19.3 Å². The minimum absolute atomic E-state index is 0.0255. The minimum atomic E-state index is -0.0270. The standard InChI is InChI=1S/C21H32N2O4/c1-5-11-22(12-6-2)20(24)16-9-13-23(14-10-16)21(25)17-7-8-18(26-3)19(15-17)27-4/h7-8,15-16H,5-6,9-14H2,1-4H3. The van der Waals surface area contributed by atoms with Gasteiger partial charge in [-0.05, 0) is 43.9 Å². The summed E-state index contributed by atoms with van der Waals surface area (Å²) >= 11 is 0. The Bertz CT molecular complexity index is 633. The van der Waals surface area contributed by atoms with Crippen LogP contribution < -0.4 is 9.47 Å². The summed E-state index contributed by atoms with van der Waals surface area (Å²) in [6.07, 6.45) is 3.40. The third kappa shape index (κ3) is 5.15. The lowest BCUT2D eigenvalue weighted by Gasteiger charge is -2.34. The number of benzene rings is 1. The van der Waals surface area contributed by atoms with Crippen molar-refractivity contribution < 1.29 is 19.1 Å². The van der Waals surface area contributed by atoms with Crippen LogP contribution in [0.4, 0.5) is 0 Å². The van der Waals surface area contributed by atoms with Crippen molar-refractivity contribution in [3.8, 4) is 11.5 Å². The van der Waals surface area contributed by atoms with E-state index >= 15 is 0 Å². The molecule has 0 radical (unpaired) electrons. The maximum Gasteiger partial charge on any atom is 0.253 e. The van der Waals surface area contributed by atoms with Gasteiger partial charge in [0, 0.05) is 37.7 Å². The van der Waals surface area contributed by atoms with Gasteiger partial charge in [0.2, 0.25) is 5.91 Å². The van der Waals surface area contributed by atoms with Gasteiger partial charge in [-0.3, -0.25) is 9.59 Å². The monoisotopic (exact) mass is 376 g/mol. The molecule has 6 heteroatoms. The fourth-order valence-electron chi connectivity index (χ4n) is 3.61. The van der Waals surface area contributed by atoms with Gasteiger partial charge in [0.05, 0.1) is 14.2 Å². The molecule has 1 saturated heterocycles. The molecule has 1 fully saturated rings. The van der Waals surface area contributed by atoms with Crippen molar-refractivity contribution in [1.29, 1.82) is 0 Å². The smallest absolute Gasteiger partial charge is 0.253 e. The summed E-state index contributed by atoms with van der Waals surface area (Å²) in [4.78, 5) is 29.4. The lowest BCUT2D eigenvalue weighted by atomic mass is 9.94. The molecule has 0 atom stereocenters. The van der Waals surface area contributed by atoms with Crippen molar-refractivity contribution in [1.82, 2.24) is 9.80 Å². The van der Waals surface area contributed by atoms with Crippen molar-refractivity contribution >= 4 is 11.8 Å². The third-order valence-corrected chi connectivity index (χ3v) is 5.06. The Hall–Kier alpha value is -2.24. The number of likely N-dealkylation sites (tertiary alicyclic amines) is 1. The predicted molar refractivity (Wildman–Crippen MR) is 105 cm³/mol. The second-order valence-electron chi connectivity index (χ2n) is 6.96. The number of hydrogen-bond acceptors (Lipinski definition) is 4. The first kappa shape index (κ1) is 21.1. The Balaban J connectivity index is 1.98. The number of nitrogens with zero attached hydrogens (tertiary/aromatic N) is 2. The van der Waals surface area contributed by atoms with Gasteiger partial charge in [-0.2, -0.15) is 0 Å². The first-order chi connectivity index (χ1) is 13.0. The van der Waals surface area contributed by atoms with E-state index in [0.29, 0.717) is 30.2 Å². The van der Waals surface area contributed by atoms with Crippen molar-refractivity contribution in [3.05, 3.63) is 23.8 Å². The van der Waals surface area contributed by atoms with Crippen LogP contribution in [0.5, 0.6) is 11.5 Å². The molecule has 0 saturated carbocycles. The van der Waals surface area contributed by atoms with Crippen LogP contribution in [0.3, 0.4) is 0 Å². The summed E-state index contributed by atoms with van der Waals surface area (Å²) in [5, 5.41) is 0. The Morgan fingerprint density at radius 3 is 2.15 bits per heavy atom. The SMILES string of the molecule is CCCN(CCC)C(=O)C1CCN(C(=O)c2ccc(OC)c(OC)c2)CC1. The Morgan fingerprint density at radius 1 is 1.04 bits per heavy atom. The Kier molecular flexibility index (Phi) is 7.95. The molecule has 150 valence electrons. The summed E-state index contributed by atoms with van der Waals surface area (Å²) < 4.78 is 10.5. The van der Waals surface area contributed by atoms with E-state index in [1.165, 1.54) is 0 Å². The van der Waals surface area contributed by atoms with E-state index in [1.807, 2.05) is 9.80 Å². The highest BCUT2D eigenvalue weighted by atomic mass is 16.5. The van der Waals surface area contributed by atoms with Crippen LogP contribution in [-0.4, -0.2) is 62.0 Å². The molecule has 2 amide bonds. The van der Waals surface area contributed by atoms with Crippen LogP contribution in [0.1, 0.15) is 49.9 Å². The maximum atomic E-state index is 12.8. The maximum absolute atomic E-state index is 12.8. The molecular weight excluding hydrogens is 344 g/mol. The van der Waals surface area contributed by atoms with Gasteiger partial charge in [0.25, 0.3) is 5.91 Å². The van der Waals surface area contributed by atoms with Gasteiger partial charge in [0.15, 0.2) is 11.5 Å². The van der Waals surface area contributed by atoms with Gasteiger partial charge in [-0.1, -0.05) is 13.8 Å². The van der Waals surface area contributed by atoms with Crippen molar-refractivity contribution in [2.75, 3.05) is 40.4 Å². The van der Waals surface area contributed by atoms with E-state index in [9.17, 15) is 9.59 Å². The average Bonchev–Trinajstić information content (AvgIpc) is 2.72. The first-order valence-corrected chi connectivity index (χ1v) is 9.85. The summed E-state index contributed by atoms with van der Waals surface area (Å²) in [6, 6.07) is 5.21. The van der Waals surface area contributed by atoms with E-state index in [-0.39, 0.29) is 17.7 Å². The van der Waals surface area contributed by atoms with Gasteiger partial charge in [-0.15, -0.1) is 0 Å². The van der Waals surface area contributed by atoms with Crippen molar-refractivity contribution in [2.24, 2.45) is 5.92 Å². The molecule has 1 heterocycles. The molecule has 2 rings (SSSR count). The lowest BCUT2D eigenvalue weighted by Crippen LogP contribution is -2.44. The number of carbonyl (C=O) groups is 2. The summed E-state index contributed by atoms with van der Waals surface area (Å²) in [5.41, 5.74) is 0.580. The van der Waals surface area contributed by atoms with Crippen LogP contribution in [0, 0.1) is 5.92 Å². The van der Waals surface area contributed by atoms with Gasteiger partial charge in [-0.25, -0.2) is 0 Å². The van der Waals surface area contributed by atoms with Crippen LogP contribution >= 0.6 is 0 Å². The zero-order valence-electron chi connectivity index (χ0n) is 17.0. The predicted octanol–water partition coefficient (Wildman–Crippen LogP) is 3.20.